The molecule has 1 aliphatic carbocycles. The Hall–Kier alpha value is -0.170. The predicted octanol–water partition coefficient (Wildman–Crippen LogP) is 0.0571. The van der Waals surface area contributed by atoms with Crippen molar-refractivity contribution in [2.24, 2.45) is 0 Å². The third-order valence-corrected chi connectivity index (χ3v) is 4.94. The Morgan fingerprint density at radius 2 is 2.00 bits per heavy atom. The van der Waals surface area contributed by atoms with Crippen LogP contribution in [0.15, 0.2) is 0 Å². The molecule has 5 nitrogen and oxygen atoms in total. The third-order valence-electron chi connectivity index (χ3n) is 3.21. The van der Waals surface area contributed by atoms with E-state index >= 15 is 0 Å². The fraction of sp³-hybridized carbons (Fsp3) is 1.00. The monoisotopic (exact) mass is 247 g/mol. The zero-order chi connectivity index (χ0) is 11.6. The zero-order valence-corrected chi connectivity index (χ0v) is 10.6. The van der Waals surface area contributed by atoms with E-state index in [1.54, 1.807) is 4.31 Å². The fourth-order valence-electron chi connectivity index (χ4n) is 2.21. The number of hydrogen-bond acceptors (Lipinski definition) is 3. The lowest BCUT2D eigenvalue weighted by molar-refractivity contribution is 0.246. The van der Waals surface area contributed by atoms with E-state index in [0.29, 0.717) is 6.54 Å². The Morgan fingerprint density at radius 1 is 1.25 bits per heavy atom. The molecule has 0 amide bonds. The maximum Gasteiger partial charge on any atom is 0.279 e. The average Bonchev–Trinajstić information content (AvgIpc) is 3.02. The Bertz CT molecular complexity index is 325. The minimum atomic E-state index is -3.25. The number of piperidine rings is 1. The fourth-order valence-corrected chi connectivity index (χ4v) is 3.94. The predicted molar refractivity (Wildman–Crippen MR) is 63.3 cm³/mol. The molecule has 1 atom stereocenters. The summed E-state index contributed by atoms with van der Waals surface area (Å²) in [5.41, 5.74) is 0. The molecule has 1 aliphatic heterocycles. The van der Waals surface area contributed by atoms with Crippen LogP contribution in [0.5, 0.6) is 0 Å². The first-order valence-corrected chi connectivity index (χ1v) is 7.51. The van der Waals surface area contributed by atoms with Crippen LogP contribution in [0.4, 0.5) is 0 Å². The molecule has 2 aliphatic rings. The van der Waals surface area contributed by atoms with Gasteiger partial charge >= 0.3 is 0 Å². The molecule has 0 spiro atoms. The molecule has 16 heavy (non-hydrogen) atoms. The standard InChI is InChI=1S/C10H21N3O2S/c1-11-8-10-4-2-3-7-13(10)16(14,15)12-9-5-6-9/h9-12H,2-8H2,1H3. The largest absolute Gasteiger partial charge is 0.318 e. The molecule has 6 heteroatoms. The van der Waals surface area contributed by atoms with E-state index < -0.39 is 10.2 Å². The van der Waals surface area contributed by atoms with E-state index in [-0.39, 0.29) is 12.1 Å². The SMILES string of the molecule is CNCC1CCCCN1S(=O)(=O)NC1CC1. The summed E-state index contributed by atoms with van der Waals surface area (Å²) in [4.78, 5) is 0. The van der Waals surface area contributed by atoms with Crippen molar-refractivity contribution in [1.82, 2.24) is 14.3 Å². The first-order valence-electron chi connectivity index (χ1n) is 6.07. The molecule has 94 valence electrons. The summed E-state index contributed by atoms with van der Waals surface area (Å²) >= 11 is 0. The minimum Gasteiger partial charge on any atom is -0.318 e. The Labute approximate surface area is 97.8 Å². The molecule has 0 aromatic rings. The van der Waals surface area contributed by atoms with E-state index in [0.717, 1.165) is 38.6 Å². The molecule has 2 rings (SSSR count). The highest BCUT2D eigenvalue weighted by Gasteiger charge is 2.35. The van der Waals surface area contributed by atoms with Crippen LogP contribution in [0.3, 0.4) is 0 Å². The molecular formula is C10H21N3O2S. The van der Waals surface area contributed by atoms with Gasteiger partial charge in [0.15, 0.2) is 0 Å². The lowest BCUT2D eigenvalue weighted by atomic mass is 10.1. The van der Waals surface area contributed by atoms with Crippen molar-refractivity contribution in [2.45, 2.75) is 44.2 Å². The van der Waals surface area contributed by atoms with Gasteiger partial charge in [-0.05, 0) is 32.7 Å². The van der Waals surface area contributed by atoms with E-state index in [1.807, 2.05) is 7.05 Å². The Kier molecular flexibility index (Phi) is 3.84. The van der Waals surface area contributed by atoms with Crippen LogP contribution in [0.1, 0.15) is 32.1 Å². The highest BCUT2D eigenvalue weighted by atomic mass is 32.2. The van der Waals surface area contributed by atoms with Crippen LogP contribution in [0.2, 0.25) is 0 Å². The van der Waals surface area contributed by atoms with Crippen molar-refractivity contribution in [1.29, 1.82) is 0 Å². The van der Waals surface area contributed by atoms with E-state index in [1.165, 1.54) is 0 Å². The molecule has 1 unspecified atom stereocenters. The highest BCUT2D eigenvalue weighted by Crippen LogP contribution is 2.24. The van der Waals surface area contributed by atoms with Gasteiger partial charge in [0.1, 0.15) is 0 Å². The van der Waals surface area contributed by atoms with Crippen LogP contribution >= 0.6 is 0 Å². The van der Waals surface area contributed by atoms with Gasteiger partial charge in [-0.1, -0.05) is 6.42 Å². The number of nitrogens with one attached hydrogen (secondary N) is 2. The van der Waals surface area contributed by atoms with Crippen molar-refractivity contribution in [2.75, 3.05) is 20.1 Å². The van der Waals surface area contributed by atoms with Gasteiger partial charge < -0.3 is 5.32 Å². The summed E-state index contributed by atoms with van der Waals surface area (Å²) in [6.45, 7) is 1.40. The first kappa shape index (κ1) is 12.3. The summed E-state index contributed by atoms with van der Waals surface area (Å²) in [5.74, 6) is 0. The maximum absolute atomic E-state index is 12.1. The number of likely N-dealkylation sites (N-methyl/N-ethyl adjacent to an activating group) is 1. The van der Waals surface area contributed by atoms with Crippen LogP contribution in [0, 0.1) is 0 Å². The highest BCUT2D eigenvalue weighted by molar-refractivity contribution is 7.87. The van der Waals surface area contributed by atoms with Crippen LogP contribution in [-0.4, -0.2) is 44.9 Å². The molecule has 0 aromatic heterocycles. The van der Waals surface area contributed by atoms with E-state index in [9.17, 15) is 8.42 Å². The number of nitrogens with zero attached hydrogens (tertiary/aromatic N) is 1. The third kappa shape index (κ3) is 2.94. The van der Waals surface area contributed by atoms with E-state index in [4.69, 9.17) is 0 Å². The van der Waals surface area contributed by atoms with Crippen LogP contribution < -0.4 is 10.0 Å². The van der Waals surface area contributed by atoms with Crippen molar-refractivity contribution in [3.63, 3.8) is 0 Å². The van der Waals surface area contributed by atoms with Crippen LogP contribution in [0.25, 0.3) is 0 Å². The van der Waals surface area contributed by atoms with Crippen LogP contribution in [-0.2, 0) is 10.2 Å². The van der Waals surface area contributed by atoms with Gasteiger partial charge in [0.2, 0.25) is 0 Å². The second-order valence-corrected chi connectivity index (χ2v) is 6.37. The molecule has 1 saturated carbocycles. The molecule has 2 fully saturated rings. The van der Waals surface area contributed by atoms with E-state index in [2.05, 4.69) is 10.0 Å². The van der Waals surface area contributed by atoms with Gasteiger partial charge in [-0.15, -0.1) is 0 Å². The van der Waals surface area contributed by atoms with Gasteiger partial charge in [0.05, 0.1) is 0 Å². The molecule has 1 heterocycles. The van der Waals surface area contributed by atoms with Crippen molar-refractivity contribution in [3.8, 4) is 0 Å². The van der Waals surface area contributed by atoms with Gasteiger partial charge in [-0.25, -0.2) is 0 Å². The lowest BCUT2D eigenvalue weighted by Crippen LogP contribution is -2.52. The lowest BCUT2D eigenvalue weighted by Gasteiger charge is -2.34. The minimum absolute atomic E-state index is 0.120. The number of rotatable bonds is 5. The van der Waals surface area contributed by atoms with Crippen molar-refractivity contribution in [3.05, 3.63) is 0 Å². The number of hydrogen-bond donors (Lipinski definition) is 2. The zero-order valence-electron chi connectivity index (χ0n) is 9.78. The Balaban J connectivity index is 2.02. The second-order valence-electron chi connectivity index (χ2n) is 4.72. The molecular weight excluding hydrogens is 226 g/mol. The molecule has 0 bridgehead atoms. The average molecular weight is 247 g/mol. The van der Waals surface area contributed by atoms with Gasteiger partial charge in [-0.2, -0.15) is 17.4 Å². The Morgan fingerprint density at radius 3 is 2.62 bits per heavy atom. The van der Waals surface area contributed by atoms with Gasteiger partial charge in [0.25, 0.3) is 10.2 Å². The second kappa shape index (κ2) is 5.00. The maximum atomic E-state index is 12.1. The normalized spacial score (nSPS) is 28.2. The topological polar surface area (TPSA) is 61.4 Å². The summed E-state index contributed by atoms with van der Waals surface area (Å²) in [6, 6.07) is 0.317. The molecule has 2 N–H and O–H groups in total. The summed E-state index contributed by atoms with van der Waals surface area (Å²) in [7, 11) is -1.38. The van der Waals surface area contributed by atoms with Crippen molar-refractivity contribution < 1.29 is 8.42 Å². The molecule has 1 saturated heterocycles. The smallest absolute Gasteiger partial charge is 0.279 e. The quantitative estimate of drug-likeness (QED) is 0.722. The van der Waals surface area contributed by atoms with Crippen molar-refractivity contribution >= 4 is 10.2 Å². The summed E-state index contributed by atoms with van der Waals surface area (Å²) < 4.78 is 28.6. The summed E-state index contributed by atoms with van der Waals surface area (Å²) in [6.07, 6.45) is 5.05. The van der Waals surface area contributed by atoms with Gasteiger partial charge in [0, 0.05) is 25.2 Å². The van der Waals surface area contributed by atoms with Gasteiger partial charge in [-0.3, -0.25) is 0 Å². The first-order chi connectivity index (χ1) is 7.63. The molecule has 0 aromatic carbocycles. The molecule has 0 radical (unpaired) electrons. The summed E-state index contributed by atoms with van der Waals surface area (Å²) in [5, 5.41) is 3.07.